The molecule has 12 atom stereocenters. The fourth-order valence-electron chi connectivity index (χ4n) is 10.6. The molecule has 0 fully saturated rings. The molecule has 0 heterocycles. The number of amides is 11. The third kappa shape index (κ3) is 27.0. The number of allylic oxidation sites excluding steroid dienone is 2. The Morgan fingerprint density at radius 3 is 1.43 bits per heavy atom. The maximum atomic E-state index is 15.1. The lowest BCUT2D eigenvalue weighted by molar-refractivity contribution is -0.157. The number of carbonyl (C=O) groups is 12. The van der Waals surface area contributed by atoms with Crippen molar-refractivity contribution < 1.29 is 72.5 Å². The van der Waals surface area contributed by atoms with Crippen LogP contribution in [0.15, 0.2) is 12.2 Å². The maximum Gasteiger partial charge on any atom is 0.407 e. The zero-order valence-corrected chi connectivity index (χ0v) is 60.0. The van der Waals surface area contributed by atoms with E-state index in [0.29, 0.717) is 6.42 Å². The summed E-state index contributed by atoms with van der Waals surface area (Å²) in [5.41, 5.74) is -0.719. The van der Waals surface area contributed by atoms with Crippen LogP contribution in [-0.4, -0.2) is 245 Å². The molecule has 92 heavy (non-hydrogen) atoms. The molecule has 0 radical (unpaired) electrons. The lowest BCUT2D eigenvalue weighted by Crippen LogP contribution is -2.63. The van der Waals surface area contributed by atoms with Crippen LogP contribution in [0.4, 0.5) is 4.79 Å². The average Bonchev–Trinajstić information content (AvgIpc) is 0.826. The summed E-state index contributed by atoms with van der Waals surface area (Å²) in [5, 5.41) is 37.5. The molecule has 8 N–H and O–H groups in total. The SMILES string of the molecule is C/C=C/C[C@@H](C)[C@@H](O)[C@@H](C(=O)N[C@@H](CC)C(=O)N(C)CC(=O)O)N(C)C(=O)[C@H](C(C)C)N(C)C(=O)[C@H](CC(C)C)N(C)C(=O)[C@H](CC(C)C)N(C)C(=O)[C@@H](C)NC(=O)[C@H](C)NC(=O)[C@H](CC(C)C)N(C)C(=O)[C@@H](NC(=O)[C@H](CCNC(=O)OC(C)(C)C)NC)C(C)C. The monoisotopic (exact) mass is 1310 g/mol. The Morgan fingerprint density at radius 1 is 0.522 bits per heavy atom. The molecule has 0 aliphatic heterocycles. The summed E-state index contributed by atoms with van der Waals surface area (Å²) in [6.07, 6.45) is 2.36. The Morgan fingerprint density at radius 2 is 0.989 bits per heavy atom. The van der Waals surface area contributed by atoms with E-state index in [-0.39, 0.29) is 56.4 Å². The fourth-order valence-corrected chi connectivity index (χ4v) is 10.6. The molecule has 528 valence electrons. The van der Waals surface area contributed by atoms with E-state index in [1.165, 1.54) is 75.7 Å². The molecular weight excluding hydrogens is 1190 g/mol. The van der Waals surface area contributed by atoms with Gasteiger partial charge in [-0.25, -0.2) is 4.79 Å². The number of hydrogen-bond donors (Lipinski definition) is 8. The van der Waals surface area contributed by atoms with Gasteiger partial charge in [0.15, 0.2) is 0 Å². The van der Waals surface area contributed by atoms with E-state index in [1.54, 1.807) is 88.4 Å². The predicted molar refractivity (Wildman–Crippen MR) is 352 cm³/mol. The van der Waals surface area contributed by atoms with Gasteiger partial charge < -0.3 is 76.3 Å². The van der Waals surface area contributed by atoms with Gasteiger partial charge in [0.25, 0.3) is 0 Å². The van der Waals surface area contributed by atoms with Crippen LogP contribution in [0.5, 0.6) is 0 Å². The zero-order valence-electron chi connectivity index (χ0n) is 60.0. The normalized spacial score (nSPS) is 15.7. The molecule has 27 nitrogen and oxygen atoms in total. The van der Waals surface area contributed by atoms with Crippen molar-refractivity contribution in [3.05, 3.63) is 12.2 Å². The minimum absolute atomic E-state index is 0.0497. The van der Waals surface area contributed by atoms with Crippen LogP contribution >= 0.6 is 0 Å². The lowest BCUT2D eigenvalue weighted by Gasteiger charge is -2.41. The number of likely N-dealkylation sites (N-methyl/N-ethyl adjacent to an activating group) is 7. The first-order valence-electron chi connectivity index (χ1n) is 32.3. The molecule has 0 bridgehead atoms. The van der Waals surface area contributed by atoms with Crippen molar-refractivity contribution >= 4 is 71.1 Å². The quantitative estimate of drug-likeness (QED) is 0.0412. The average molecular weight is 1310 g/mol. The number of nitrogens with one attached hydrogen (secondary N) is 6. The van der Waals surface area contributed by atoms with E-state index in [4.69, 9.17) is 4.74 Å². The number of aliphatic hydroxyl groups excluding tert-OH is 1. The number of hydrogen-bond acceptors (Lipinski definition) is 15. The van der Waals surface area contributed by atoms with Crippen LogP contribution in [0.25, 0.3) is 0 Å². The fraction of sp³-hybridized carbons (Fsp3) is 0.785. The van der Waals surface area contributed by atoms with Crippen molar-refractivity contribution in [1.82, 2.24) is 61.3 Å². The van der Waals surface area contributed by atoms with Crippen LogP contribution in [0.1, 0.15) is 163 Å². The van der Waals surface area contributed by atoms with Crippen molar-refractivity contribution in [1.29, 1.82) is 0 Å². The molecule has 0 spiro atoms. The second-order valence-electron chi connectivity index (χ2n) is 27.4. The maximum absolute atomic E-state index is 15.1. The van der Waals surface area contributed by atoms with Gasteiger partial charge in [-0.1, -0.05) is 95.2 Å². The van der Waals surface area contributed by atoms with Gasteiger partial charge in [-0.2, -0.15) is 0 Å². The number of carboxylic acids is 1. The van der Waals surface area contributed by atoms with E-state index < -0.39 is 168 Å². The van der Waals surface area contributed by atoms with Crippen molar-refractivity contribution in [3.63, 3.8) is 0 Å². The Hall–Kier alpha value is -6.90. The largest absolute Gasteiger partial charge is 0.480 e. The lowest BCUT2D eigenvalue weighted by atomic mass is 9.91. The smallest absolute Gasteiger partial charge is 0.407 e. The van der Waals surface area contributed by atoms with Crippen molar-refractivity contribution in [2.75, 3.05) is 62.4 Å². The molecular formula is C65H118N12O15. The van der Waals surface area contributed by atoms with Gasteiger partial charge in [0.05, 0.1) is 12.1 Å². The molecule has 0 aromatic carbocycles. The first-order chi connectivity index (χ1) is 42.3. The molecule has 11 amide bonds. The summed E-state index contributed by atoms with van der Waals surface area (Å²) in [7, 11) is 9.87. The van der Waals surface area contributed by atoms with Crippen molar-refractivity contribution in [3.8, 4) is 0 Å². The molecule has 0 aromatic rings. The molecule has 27 heteroatoms. The minimum Gasteiger partial charge on any atom is -0.480 e. The number of rotatable bonds is 38. The van der Waals surface area contributed by atoms with Crippen LogP contribution in [0.2, 0.25) is 0 Å². The number of aliphatic hydroxyl groups is 1. The summed E-state index contributed by atoms with van der Waals surface area (Å²) in [5.74, 6) is -10.1. The summed E-state index contributed by atoms with van der Waals surface area (Å²) < 4.78 is 5.28. The van der Waals surface area contributed by atoms with Gasteiger partial charge in [-0.05, 0) is 123 Å². The van der Waals surface area contributed by atoms with E-state index in [1.807, 2.05) is 41.5 Å². The standard InChI is InChI=1S/C65H118N12O15/c1-26-28-29-41(13)53(80)52(57(84)70-44(27-2)59(86)72(20)35-49(78)79)77(25)63(90)51(40(11)12)76(24)61(88)48(34-38(7)8)75(23)60(87)47(33-37(5)6)74(22)58(85)43(15)69-54(81)42(14)68-56(83)46(32-36(3)4)73(21)62(89)50(39(9)10)71-55(82)45(66-19)30-31-67-64(91)92-65(16,17)18/h26,28,36-48,50-53,66,80H,27,29-35H2,1-25H3,(H,67,91)(H,68,83)(H,69,81)(H,70,84)(H,71,82)(H,78,79)/b28-26+/t41-,42+,43-,44+,45+,46+,47+,48+,50+,51+,52+,53-/m1/s1. The predicted octanol–water partition coefficient (Wildman–Crippen LogP) is 2.97. The second kappa shape index (κ2) is 39.6. The molecule has 0 aliphatic carbocycles. The van der Waals surface area contributed by atoms with Crippen LogP contribution in [-0.2, 0) is 57.5 Å². The minimum atomic E-state index is -1.60. The van der Waals surface area contributed by atoms with Gasteiger partial charge in [-0.15, -0.1) is 0 Å². The van der Waals surface area contributed by atoms with E-state index in [2.05, 4.69) is 31.9 Å². The second-order valence-corrected chi connectivity index (χ2v) is 27.4. The summed E-state index contributed by atoms with van der Waals surface area (Å²) >= 11 is 0. The Labute approximate surface area is 548 Å². The van der Waals surface area contributed by atoms with Gasteiger partial charge in [0.2, 0.25) is 59.1 Å². The summed E-state index contributed by atoms with van der Waals surface area (Å²) in [4.78, 5) is 174. The number of carbonyl (C=O) groups excluding carboxylic acids is 11. The third-order valence-electron chi connectivity index (χ3n) is 16.0. The molecule has 0 aliphatic rings. The molecule has 0 rings (SSSR count). The highest BCUT2D eigenvalue weighted by Crippen LogP contribution is 2.25. The van der Waals surface area contributed by atoms with Gasteiger partial charge in [0, 0.05) is 48.8 Å². The number of nitrogens with zero attached hydrogens (tertiary/aromatic N) is 6. The molecule has 0 saturated heterocycles. The van der Waals surface area contributed by atoms with Crippen LogP contribution in [0.3, 0.4) is 0 Å². The number of carboxylic acid groups (broad SMARTS) is 1. The first kappa shape index (κ1) is 85.1. The van der Waals surface area contributed by atoms with Crippen LogP contribution < -0.4 is 31.9 Å². The number of aliphatic carboxylic acids is 1. The zero-order chi connectivity index (χ0) is 71.7. The Kier molecular flexibility index (Phi) is 36.6. The Bertz CT molecular complexity index is 2500. The topological polar surface area (TPSA) is 346 Å². The summed E-state index contributed by atoms with van der Waals surface area (Å²) in [6, 6.07) is -11.9. The van der Waals surface area contributed by atoms with Gasteiger partial charge in [-0.3, -0.25) is 52.7 Å². The number of ether oxygens (including phenoxy) is 1. The highest BCUT2D eigenvalue weighted by atomic mass is 16.6. The van der Waals surface area contributed by atoms with E-state index in [9.17, 15) is 63.0 Å². The third-order valence-corrected chi connectivity index (χ3v) is 16.0. The first-order valence-corrected chi connectivity index (χ1v) is 32.3. The summed E-state index contributed by atoms with van der Waals surface area (Å²) in [6.45, 7) is 30.6. The van der Waals surface area contributed by atoms with Crippen molar-refractivity contribution in [2.24, 2.45) is 35.5 Å². The van der Waals surface area contributed by atoms with E-state index in [0.717, 1.165) is 9.80 Å². The van der Waals surface area contributed by atoms with E-state index >= 15 is 4.79 Å². The van der Waals surface area contributed by atoms with Gasteiger partial charge >= 0.3 is 12.1 Å². The van der Waals surface area contributed by atoms with Crippen LogP contribution in [0, 0.1) is 35.5 Å². The molecule has 0 unspecified atom stereocenters. The molecule has 0 aromatic heterocycles. The number of alkyl carbamates (subject to hydrolysis) is 1. The Balaban J connectivity index is 6.87. The van der Waals surface area contributed by atoms with Crippen molar-refractivity contribution in [2.45, 2.75) is 235 Å². The van der Waals surface area contributed by atoms with Gasteiger partial charge in [0.1, 0.15) is 66.5 Å². The highest BCUT2D eigenvalue weighted by Gasteiger charge is 2.45. The molecule has 0 saturated carbocycles. The highest BCUT2D eigenvalue weighted by molar-refractivity contribution is 5.99.